The molecule has 0 aliphatic heterocycles. The molecule has 4 heteroatoms. The molecule has 16 heavy (non-hydrogen) atoms. The summed E-state index contributed by atoms with van der Waals surface area (Å²) in [6, 6.07) is 7.73. The minimum Gasteiger partial charge on any atom is -0.493 e. The van der Waals surface area contributed by atoms with Crippen LogP contribution in [0.2, 0.25) is 0 Å². The van der Waals surface area contributed by atoms with E-state index in [0.717, 1.165) is 11.3 Å². The van der Waals surface area contributed by atoms with Crippen LogP contribution >= 0.6 is 11.8 Å². The van der Waals surface area contributed by atoms with Crippen LogP contribution in [0.25, 0.3) is 0 Å². The van der Waals surface area contributed by atoms with Gasteiger partial charge in [0.2, 0.25) is 0 Å². The first kappa shape index (κ1) is 13.1. The maximum atomic E-state index is 10.7. The number of carbonyl (C=O) groups excluding carboxylic acids is 1. The molecule has 0 aliphatic carbocycles. The van der Waals surface area contributed by atoms with E-state index in [1.165, 1.54) is 11.8 Å². The fourth-order valence-corrected chi connectivity index (χ4v) is 1.69. The van der Waals surface area contributed by atoms with E-state index in [1.54, 1.807) is 6.92 Å². The summed E-state index contributed by atoms with van der Waals surface area (Å²) in [6.07, 6.45) is 0. The molecule has 0 spiro atoms. The molecule has 0 fully saturated rings. The zero-order chi connectivity index (χ0) is 12.0. The summed E-state index contributed by atoms with van der Waals surface area (Å²) < 4.78 is 5.52. The van der Waals surface area contributed by atoms with Crippen molar-refractivity contribution in [3.63, 3.8) is 0 Å². The van der Waals surface area contributed by atoms with Crippen molar-refractivity contribution in [2.45, 2.75) is 19.9 Å². The first-order valence-corrected chi connectivity index (χ1v) is 6.20. The van der Waals surface area contributed by atoms with Gasteiger partial charge in [-0.1, -0.05) is 23.9 Å². The molecule has 0 aliphatic rings. The average Bonchev–Trinajstić information content (AvgIpc) is 2.24. The second-order valence-corrected chi connectivity index (χ2v) is 4.82. The molecule has 0 saturated heterocycles. The highest BCUT2D eigenvalue weighted by molar-refractivity contribution is 8.13. The smallest absolute Gasteiger partial charge is 0.185 e. The maximum absolute atomic E-state index is 10.7. The number of nitrogens with two attached hydrogens (primary N) is 1. The van der Waals surface area contributed by atoms with Gasteiger partial charge in [-0.25, -0.2) is 0 Å². The number of carbonyl (C=O) groups is 1. The zero-order valence-electron chi connectivity index (χ0n) is 9.60. The summed E-state index contributed by atoms with van der Waals surface area (Å²) in [4.78, 5) is 10.7. The van der Waals surface area contributed by atoms with Crippen molar-refractivity contribution in [2.75, 3.05) is 12.4 Å². The van der Waals surface area contributed by atoms with Crippen molar-refractivity contribution in [2.24, 2.45) is 5.73 Å². The summed E-state index contributed by atoms with van der Waals surface area (Å²) in [5.74, 6) is 1.48. The van der Waals surface area contributed by atoms with Gasteiger partial charge in [-0.2, -0.15) is 0 Å². The largest absolute Gasteiger partial charge is 0.493 e. The van der Waals surface area contributed by atoms with Crippen molar-refractivity contribution >= 4 is 16.9 Å². The van der Waals surface area contributed by atoms with Gasteiger partial charge in [0.15, 0.2) is 5.12 Å². The Kier molecular flexibility index (Phi) is 5.35. The number of ether oxygens (including phenoxy) is 1. The molecule has 2 N–H and O–H groups in total. The molecule has 1 atom stereocenters. The van der Waals surface area contributed by atoms with E-state index in [4.69, 9.17) is 10.5 Å². The Balaban J connectivity index is 2.42. The SMILES string of the molecule is CC(=O)SCCOc1cccc(C(C)N)c1. The van der Waals surface area contributed by atoms with Gasteiger partial charge in [-0.05, 0) is 24.6 Å². The fourth-order valence-electron chi connectivity index (χ4n) is 1.23. The lowest BCUT2D eigenvalue weighted by Gasteiger charge is -2.09. The molecule has 0 heterocycles. The topological polar surface area (TPSA) is 52.3 Å². The Morgan fingerprint density at radius 2 is 2.31 bits per heavy atom. The molecule has 1 aromatic carbocycles. The first-order chi connectivity index (χ1) is 7.59. The summed E-state index contributed by atoms with van der Waals surface area (Å²) in [5.41, 5.74) is 6.83. The third-order valence-corrected chi connectivity index (χ3v) is 2.82. The second kappa shape index (κ2) is 6.55. The molecule has 0 saturated carbocycles. The fraction of sp³-hybridized carbons (Fsp3) is 0.417. The van der Waals surface area contributed by atoms with Gasteiger partial charge < -0.3 is 10.5 Å². The van der Waals surface area contributed by atoms with Gasteiger partial charge in [-0.3, -0.25) is 4.79 Å². The predicted molar refractivity (Wildman–Crippen MR) is 67.7 cm³/mol. The van der Waals surface area contributed by atoms with Crippen LogP contribution in [0.15, 0.2) is 24.3 Å². The number of thioether (sulfide) groups is 1. The molecule has 0 radical (unpaired) electrons. The van der Waals surface area contributed by atoms with Gasteiger partial charge in [-0.15, -0.1) is 0 Å². The monoisotopic (exact) mass is 239 g/mol. The predicted octanol–water partition coefficient (Wildman–Crippen LogP) is 2.36. The highest BCUT2D eigenvalue weighted by Crippen LogP contribution is 2.17. The molecule has 0 amide bonds. The summed E-state index contributed by atoms with van der Waals surface area (Å²) in [6.45, 7) is 4.03. The Hall–Kier alpha value is -1.00. The van der Waals surface area contributed by atoms with E-state index in [1.807, 2.05) is 31.2 Å². The highest BCUT2D eigenvalue weighted by atomic mass is 32.2. The molecule has 1 aromatic rings. The number of rotatable bonds is 5. The van der Waals surface area contributed by atoms with E-state index < -0.39 is 0 Å². The average molecular weight is 239 g/mol. The van der Waals surface area contributed by atoms with Crippen LogP contribution in [0.5, 0.6) is 5.75 Å². The Labute approximate surface area is 100 Å². The highest BCUT2D eigenvalue weighted by Gasteiger charge is 2.01. The van der Waals surface area contributed by atoms with Crippen LogP contribution < -0.4 is 10.5 Å². The zero-order valence-corrected chi connectivity index (χ0v) is 10.4. The van der Waals surface area contributed by atoms with Gasteiger partial charge in [0.25, 0.3) is 0 Å². The first-order valence-electron chi connectivity index (χ1n) is 5.21. The van der Waals surface area contributed by atoms with Gasteiger partial charge in [0, 0.05) is 18.7 Å². The third kappa shape index (κ3) is 4.68. The number of hydrogen-bond donors (Lipinski definition) is 1. The minimum absolute atomic E-state index is 0.00939. The van der Waals surface area contributed by atoms with Crippen LogP contribution in [-0.2, 0) is 4.79 Å². The molecule has 0 bridgehead atoms. The van der Waals surface area contributed by atoms with Crippen LogP contribution in [0.3, 0.4) is 0 Å². The molecule has 3 nitrogen and oxygen atoms in total. The lowest BCUT2D eigenvalue weighted by molar-refractivity contribution is -0.109. The summed E-state index contributed by atoms with van der Waals surface area (Å²) >= 11 is 1.27. The Bertz CT molecular complexity index is 353. The molecule has 1 rings (SSSR count). The van der Waals surface area contributed by atoms with Crippen LogP contribution in [0, 0.1) is 0 Å². The molecule has 1 unspecified atom stereocenters. The standard InChI is InChI=1S/C12H17NO2S/c1-9(13)11-4-3-5-12(8-11)15-6-7-16-10(2)14/h3-5,8-9H,6-7,13H2,1-2H3. The normalized spacial score (nSPS) is 12.2. The van der Waals surface area contributed by atoms with Gasteiger partial charge >= 0.3 is 0 Å². The van der Waals surface area contributed by atoms with Crippen molar-refractivity contribution in [3.8, 4) is 5.75 Å². The van der Waals surface area contributed by atoms with E-state index in [9.17, 15) is 4.79 Å². The third-order valence-electron chi connectivity index (χ3n) is 2.04. The lowest BCUT2D eigenvalue weighted by Crippen LogP contribution is -2.06. The minimum atomic E-state index is 0.00939. The van der Waals surface area contributed by atoms with Crippen LogP contribution in [0.4, 0.5) is 0 Å². The van der Waals surface area contributed by atoms with Crippen LogP contribution in [-0.4, -0.2) is 17.5 Å². The van der Waals surface area contributed by atoms with E-state index in [0.29, 0.717) is 12.4 Å². The second-order valence-electron chi connectivity index (χ2n) is 3.55. The quantitative estimate of drug-likeness (QED) is 0.801. The molecule has 88 valence electrons. The van der Waals surface area contributed by atoms with E-state index in [2.05, 4.69) is 0 Å². The molecular weight excluding hydrogens is 222 g/mol. The van der Waals surface area contributed by atoms with Crippen molar-refractivity contribution < 1.29 is 9.53 Å². The number of hydrogen-bond acceptors (Lipinski definition) is 4. The van der Waals surface area contributed by atoms with Crippen molar-refractivity contribution in [3.05, 3.63) is 29.8 Å². The summed E-state index contributed by atoms with van der Waals surface area (Å²) in [5, 5.41) is 0.118. The van der Waals surface area contributed by atoms with E-state index in [-0.39, 0.29) is 11.2 Å². The molecular formula is C12H17NO2S. The Morgan fingerprint density at radius 1 is 1.56 bits per heavy atom. The van der Waals surface area contributed by atoms with Crippen molar-refractivity contribution in [1.29, 1.82) is 0 Å². The Morgan fingerprint density at radius 3 is 2.94 bits per heavy atom. The van der Waals surface area contributed by atoms with Crippen molar-refractivity contribution in [1.82, 2.24) is 0 Å². The van der Waals surface area contributed by atoms with Crippen LogP contribution in [0.1, 0.15) is 25.5 Å². The maximum Gasteiger partial charge on any atom is 0.185 e. The lowest BCUT2D eigenvalue weighted by atomic mass is 10.1. The van der Waals surface area contributed by atoms with Gasteiger partial charge in [0.1, 0.15) is 5.75 Å². The van der Waals surface area contributed by atoms with Gasteiger partial charge in [0.05, 0.1) is 6.61 Å². The summed E-state index contributed by atoms with van der Waals surface area (Å²) in [7, 11) is 0. The van der Waals surface area contributed by atoms with E-state index >= 15 is 0 Å². The molecule has 0 aromatic heterocycles. The number of benzene rings is 1.